The number of hydrogen-bond donors (Lipinski definition) is 1. The van der Waals surface area contributed by atoms with Gasteiger partial charge in [0, 0.05) is 18.7 Å². The van der Waals surface area contributed by atoms with Gasteiger partial charge in [-0.2, -0.15) is 0 Å². The number of aryl methyl sites for hydroxylation is 2. The molecule has 0 saturated carbocycles. The lowest BCUT2D eigenvalue weighted by atomic mass is 10.1. The van der Waals surface area contributed by atoms with Crippen LogP contribution >= 0.6 is 11.6 Å². The van der Waals surface area contributed by atoms with Crippen LogP contribution in [0.2, 0.25) is 5.02 Å². The Morgan fingerprint density at radius 3 is 2.37 bits per heavy atom. The molecule has 0 heterocycles. The van der Waals surface area contributed by atoms with E-state index in [0.29, 0.717) is 0 Å². The molecule has 0 aromatic heterocycles. The Bertz CT molecular complexity index is 359. The Labute approximate surface area is 121 Å². The summed E-state index contributed by atoms with van der Waals surface area (Å²) in [6.45, 7) is 7.48. The minimum Gasteiger partial charge on any atom is -0.493 e. The summed E-state index contributed by atoms with van der Waals surface area (Å²) in [6, 6.07) is 3.88. The van der Waals surface area contributed by atoms with Gasteiger partial charge in [-0.3, -0.25) is 0 Å². The summed E-state index contributed by atoms with van der Waals surface area (Å²) in [6.07, 6.45) is 2.15. The first-order chi connectivity index (χ1) is 9.15. The second-order valence-corrected chi connectivity index (χ2v) is 5.10. The number of benzene rings is 1. The number of unbranched alkanes of at least 4 members (excludes halogenated alkanes) is 1. The Kier molecular flexibility index (Phi) is 7.87. The van der Waals surface area contributed by atoms with Gasteiger partial charge in [-0.1, -0.05) is 11.6 Å². The highest BCUT2D eigenvalue weighted by atomic mass is 35.5. The van der Waals surface area contributed by atoms with E-state index in [-0.39, 0.29) is 0 Å². The minimum atomic E-state index is 0.745. The van der Waals surface area contributed by atoms with Crippen molar-refractivity contribution in [3.05, 3.63) is 28.3 Å². The van der Waals surface area contributed by atoms with Gasteiger partial charge in [0.05, 0.1) is 13.2 Å². The van der Waals surface area contributed by atoms with Crippen LogP contribution in [0.15, 0.2) is 12.1 Å². The highest BCUT2D eigenvalue weighted by molar-refractivity contribution is 6.30. The molecule has 4 heteroatoms. The van der Waals surface area contributed by atoms with Crippen LogP contribution in [-0.4, -0.2) is 33.4 Å². The molecule has 1 aromatic carbocycles. The van der Waals surface area contributed by atoms with Crippen molar-refractivity contribution in [1.29, 1.82) is 0 Å². The van der Waals surface area contributed by atoms with E-state index >= 15 is 0 Å². The van der Waals surface area contributed by atoms with Crippen molar-refractivity contribution in [3.63, 3.8) is 0 Å². The van der Waals surface area contributed by atoms with Gasteiger partial charge in [-0.25, -0.2) is 0 Å². The highest BCUT2D eigenvalue weighted by Gasteiger charge is 2.05. The monoisotopic (exact) mass is 285 g/mol. The predicted octanol–water partition coefficient (Wildman–Crippen LogP) is 3.35. The normalized spacial score (nSPS) is 10.7. The molecule has 0 saturated heterocycles. The first kappa shape index (κ1) is 16.3. The third-order valence-electron chi connectivity index (χ3n) is 2.90. The number of halogens is 1. The van der Waals surface area contributed by atoms with Gasteiger partial charge < -0.3 is 14.8 Å². The third-order valence-corrected chi connectivity index (χ3v) is 3.12. The largest absolute Gasteiger partial charge is 0.493 e. The zero-order valence-electron chi connectivity index (χ0n) is 12.1. The van der Waals surface area contributed by atoms with E-state index in [2.05, 4.69) is 5.32 Å². The molecule has 0 bridgehead atoms. The fraction of sp³-hybridized carbons (Fsp3) is 0.600. The van der Waals surface area contributed by atoms with Gasteiger partial charge in [-0.05, 0) is 56.5 Å². The van der Waals surface area contributed by atoms with Crippen molar-refractivity contribution < 1.29 is 9.47 Å². The molecule has 1 rings (SSSR count). The van der Waals surface area contributed by atoms with Crippen molar-refractivity contribution in [2.45, 2.75) is 26.7 Å². The van der Waals surface area contributed by atoms with Gasteiger partial charge in [0.1, 0.15) is 5.75 Å². The number of nitrogens with one attached hydrogen (secondary N) is 1. The average molecular weight is 286 g/mol. The molecule has 0 fully saturated rings. The average Bonchev–Trinajstić information content (AvgIpc) is 2.35. The summed E-state index contributed by atoms with van der Waals surface area (Å²) in [5.74, 6) is 0.969. The minimum absolute atomic E-state index is 0.745. The quantitative estimate of drug-likeness (QED) is 0.706. The molecule has 19 heavy (non-hydrogen) atoms. The molecule has 0 aliphatic carbocycles. The maximum atomic E-state index is 5.99. The van der Waals surface area contributed by atoms with E-state index in [9.17, 15) is 0 Å². The van der Waals surface area contributed by atoms with Crippen LogP contribution in [0, 0.1) is 13.8 Å². The lowest BCUT2D eigenvalue weighted by molar-refractivity contribution is 0.199. The van der Waals surface area contributed by atoms with Gasteiger partial charge in [0.2, 0.25) is 0 Å². The van der Waals surface area contributed by atoms with Gasteiger partial charge in [-0.15, -0.1) is 0 Å². The maximum Gasteiger partial charge on any atom is 0.125 e. The summed E-state index contributed by atoms with van der Waals surface area (Å²) < 4.78 is 10.8. The lowest BCUT2D eigenvalue weighted by Crippen LogP contribution is -2.20. The maximum absolute atomic E-state index is 5.99. The topological polar surface area (TPSA) is 30.5 Å². The zero-order valence-corrected chi connectivity index (χ0v) is 12.8. The number of ether oxygens (including phenoxy) is 2. The van der Waals surface area contributed by atoms with E-state index in [1.165, 1.54) is 0 Å². The van der Waals surface area contributed by atoms with Crippen LogP contribution in [0.5, 0.6) is 5.75 Å². The van der Waals surface area contributed by atoms with Crippen molar-refractivity contribution in [2.75, 3.05) is 33.4 Å². The molecule has 1 N–H and O–H groups in total. The van der Waals surface area contributed by atoms with Crippen LogP contribution in [0.4, 0.5) is 0 Å². The highest BCUT2D eigenvalue weighted by Crippen LogP contribution is 2.27. The third kappa shape index (κ3) is 6.28. The fourth-order valence-corrected chi connectivity index (χ4v) is 2.28. The van der Waals surface area contributed by atoms with Crippen molar-refractivity contribution >= 4 is 11.6 Å². The van der Waals surface area contributed by atoms with E-state index in [0.717, 1.165) is 61.0 Å². The fourth-order valence-electron chi connectivity index (χ4n) is 1.95. The van der Waals surface area contributed by atoms with Gasteiger partial charge in [0.15, 0.2) is 0 Å². The Morgan fingerprint density at radius 1 is 1.05 bits per heavy atom. The smallest absolute Gasteiger partial charge is 0.125 e. The second kappa shape index (κ2) is 9.18. The predicted molar refractivity (Wildman–Crippen MR) is 80.4 cm³/mol. The zero-order chi connectivity index (χ0) is 14.1. The molecule has 0 spiro atoms. The molecule has 0 aliphatic rings. The Balaban J connectivity index is 2.19. The van der Waals surface area contributed by atoms with Crippen LogP contribution in [0.25, 0.3) is 0 Å². The molecule has 0 atom stereocenters. The number of hydrogen-bond acceptors (Lipinski definition) is 3. The molecule has 0 aliphatic heterocycles. The molecular formula is C15H24ClNO2. The summed E-state index contributed by atoms with van der Waals surface area (Å²) in [5.41, 5.74) is 2.20. The summed E-state index contributed by atoms with van der Waals surface area (Å²) >= 11 is 5.99. The molecule has 1 aromatic rings. The van der Waals surface area contributed by atoms with E-state index < -0.39 is 0 Å². The van der Waals surface area contributed by atoms with Crippen LogP contribution in [-0.2, 0) is 4.74 Å². The summed E-state index contributed by atoms with van der Waals surface area (Å²) in [4.78, 5) is 0. The summed E-state index contributed by atoms with van der Waals surface area (Å²) in [7, 11) is 1.71. The number of rotatable bonds is 9. The van der Waals surface area contributed by atoms with Crippen molar-refractivity contribution in [1.82, 2.24) is 5.32 Å². The number of methoxy groups -OCH3 is 1. The summed E-state index contributed by atoms with van der Waals surface area (Å²) in [5, 5.41) is 4.09. The first-order valence-corrected chi connectivity index (χ1v) is 7.12. The van der Waals surface area contributed by atoms with E-state index in [1.807, 2.05) is 26.0 Å². The molecule has 108 valence electrons. The van der Waals surface area contributed by atoms with Crippen LogP contribution < -0.4 is 10.1 Å². The molecule has 3 nitrogen and oxygen atoms in total. The lowest BCUT2D eigenvalue weighted by Gasteiger charge is -2.12. The molecule has 0 unspecified atom stereocenters. The SMILES string of the molecule is COCCNCCCCOc1c(C)cc(Cl)cc1C. The van der Waals surface area contributed by atoms with E-state index in [1.54, 1.807) is 7.11 Å². The van der Waals surface area contributed by atoms with Crippen LogP contribution in [0.3, 0.4) is 0 Å². The molecular weight excluding hydrogens is 262 g/mol. The van der Waals surface area contributed by atoms with Gasteiger partial charge >= 0.3 is 0 Å². The molecule has 0 radical (unpaired) electrons. The van der Waals surface area contributed by atoms with E-state index in [4.69, 9.17) is 21.1 Å². The Morgan fingerprint density at radius 2 is 1.74 bits per heavy atom. The van der Waals surface area contributed by atoms with Gasteiger partial charge in [0.25, 0.3) is 0 Å². The first-order valence-electron chi connectivity index (χ1n) is 6.74. The standard InChI is InChI=1S/C15H24ClNO2/c1-12-10-14(16)11-13(2)15(12)19-8-5-4-6-17-7-9-18-3/h10-11,17H,4-9H2,1-3H3. The van der Waals surface area contributed by atoms with Crippen molar-refractivity contribution in [3.8, 4) is 5.75 Å². The van der Waals surface area contributed by atoms with Crippen LogP contribution in [0.1, 0.15) is 24.0 Å². The Hall–Kier alpha value is -0.770. The second-order valence-electron chi connectivity index (χ2n) is 4.67. The van der Waals surface area contributed by atoms with Crippen molar-refractivity contribution in [2.24, 2.45) is 0 Å². The molecule has 0 amide bonds.